The molecule has 0 atom stereocenters. The quantitative estimate of drug-likeness (QED) is 0.628. The molecule has 0 heterocycles. The second kappa shape index (κ2) is 9.03. The first kappa shape index (κ1) is 20.8. The summed E-state index contributed by atoms with van der Waals surface area (Å²) >= 11 is 0. The molecule has 150 valence electrons. The number of benzene rings is 3. The van der Waals surface area contributed by atoms with Gasteiger partial charge in [0, 0.05) is 24.3 Å². The van der Waals surface area contributed by atoms with E-state index in [9.17, 15) is 13.2 Å². The lowest BCUT2D eigenvalue weighted by atomic mass is 10.1. The Bertz CT molecular complexity index is 1080. The molecule has 0 fully saturated rings. The highest BCUT2D eigenvalue weighted by Gasteiger charge is 2.22. The Morgan fingerprint density at radius 1 is 0.931 bits per heavy atom. The van der Waals surface area contributed by atoms with Crippen molar-refractivity contribution >= 4 is 21.6 Å². The minimum absolute atomic E-state index is 0.202. The molecular weight excluding hydrogens is 384 g/mol. The second-order valence-corrected chi connectivity index (χ2v) is 8.70. The van der Waals surface area contributed by atoms with E-state index >= 15 is 0 Å². The van der Waals surface area contributed by atoms with Crippen LogP contribution in [0.2, 0.25) is 0 Å². The molecule has 0 bridgehead atoms. The van der Waals surface area contributed by atoms with E-state index in [2.05, 4.69) is 5.32 Å². The Hall–Kier alpha value is -2.96. The maximum Gasteiger partial charge on any atom is 0.255 e. The molecule has 0 radical (unpaired) electrons. The van der Waals surface area contributed by atoms with E-state index in [1.54, 1.807) is 54.6 Å². The van der Waals surface area contributed by atoms with Crippen molar-refractivity contribution < 1.29 is 13.2 Å². The first-order valence-corrected chi connectivity index (χ1v) is 10.9. The first-order chi connectivity index (χ1) is 13.9. The molecule has 3 aromatic rings. The summed E-state index contributed by atoms with van der Waals surface area (Å²) in [5.41, 5.74) is 3.14. The van der Waals surface area contributed by atoms with Crippen molar-refractivity contribution in [2.75, 3.05) is 11.9 Å². The van der Waals surface area contributed by atoms with E-state index in [4.69, 9.17) is 0 Å². The van der Waals surface area contributed by atoms with Crippen molar-refractivity contribution in [1.29, 1.82) is 0 Å². The molecule has 0 aliphatic carbocycles. The number of carbonyl (C=O) groups excluding carboxylic acids is 1. The van der Waals surface area contributed by atoms with E-state index in [0.29, 0.717) is 12.1 Å². The third kappa shape index (κ3) is 5.10. The van der Waals surface area contributed by atoms with Crippen LogP contribution in [-0.4, -0.2) is 25.2 Å². The zero-order valence-corrected chi connectivity index (χ0v) is 17.3. The second-order valence-electron chi connectivity index (χ2n) is 6.76. The van der Waals surface area contributed by atoms with Crippen LogP contribution >= 0.6 is 0 Å². The molecule has 0 aliphatic rings. The summed E-state index contributed by atoms with van der Waals surface area (Å²) < 4.78 is 27.1. The summed E-state index contributed by atoms with van der Waals surface area (Å²) in [7, 11) is -3.57. The number of hydrogen-bond donors (Lipinski definition) is 1. The lowest BCUT2D eigenvalue weighted by Crippen LogP contribution is -2.30. The summed E-state index contributed by atoms with van der Waals surface area (Å²) in [6, 6.07) is 23.0. The molecule has 5 nitrogen and oxygen atoms in total. The predicted octanol–water partition coefficient (Wildman–Crippen LogP) is 4.46. The van der Waals surface area contributed by atoms with Crippen LogP contribution in [0.5, 0.6) is 0 Å². The number of amides is 1. The Labute approximate surface area is 172 Å². The molecule has 0 aromatic heterocycles. The highest BCUT2D eigenvalue weighted by Crippen LogP contribution is 2.19. The molecule has 0 unspecified atom stereocenters. The molecule has 3 aromatic carbocycles. The van der Waals surface area contributed by atoms with Crippen LogP contribution in [0, 0.1) is 6.92 Å². The van der Waals surface area contributed by atoms with Gasteiger partial charge in [0.25, 0.3) is 5.91 Å². The van der Waals surface area contributed by atoms with Crippen LogP contribution in [0.15, 0.2) is 83.8 Å². The SMILES string of the molecule is CCN(Cc1ccc(C(=O)Nc2cccc(C)c2)cc1)S(=O)(=O)c1ccccc1. The zero-order chi connectivity index (χ0) is 20.9. The van der Waals surface area contributed by atoms with E-state index in [1.165, 1.54) is 4.31 Å². The lowest BCUT2D eigenvalue weighted by Gasteiger charge is -2.20. The van der Waals surface area contributed by atoms with Gasteiger partial charge in [-0.05, 0) is 54.4 Å². The topological polar surface area (TPSA) is 66.5 Å². The normalized spacial score (nSPS) is 11.4. The van der Waals surface area contributed by atoms with Gasteiger partial charge in [0.1, 0.15) is 0 Å². The predicted molar refractivity (Wildman–Crippen MR) is 115 cm³/mol. The van der Waals surface area contributed by atoms with Gasteiger partial charge in [0.2, 0.25) is 10.0 Å². The van der Waals surface area contributed by atoms with Gasteiger partial charge in [-0.2, -0.15) is 4.31 Å². The van der Waals surface area contributed by atoms with Crippen LogP contribution < -0.4 is 5.32 Å². The molecule has 3 rings (SSSR count). The number of anilines is 1. The number of sulfonamides is 1. The van der Waals surface area contributed by atoms with Gasteiger partial charge < -0.3 is 5.32 Å². The average Bonchev–Trinajstić information content (AvgIpc) is 2.73. The van der Waals surface area contributed by atoms with Crippen LogP contribution in [-0.2, 0) is 16.6 Å². The van der Waals surface area contributed by atoms with Crippen LogP contribution in [0.25, 0.3) is 0 Å². The fourth-order valence-corrected chi connectivity index (χ4v) is 4.46. The van der Waals surface area contributed by atoms with Crippen molar-refractivity contribution in [3.8, 4) is 0 Å². The Balaban J connectivity index is 1.71. The molecule has 6 heteroatoms. The maximum absolute atomic E-state index is 12.8. The minimum Gasteiger partial charge on any atom is -0.322 e. The van der Waals surface area contributed by atoms with Gasteiger partial charge in [-0.15, -0.1) is 0 Å². The van der Waals surface area contributed by atoms with Gasteiger partial charge in [-0.25, -0.2) is 8.42 Å². The molecule has 0 aliphatic heterocycles. The van der Waals surface area contributed by atoms with Crippen LogP contribution in [0.3, 0.4) is 0 Å². The summed E-state index contributed by atoms with van der Waals surface area (Å²) in [5.74, 6) is -0.202. The van der Waals surface area contributed by atoms with Gasteiger partial charge in [-0.3, -0.25) is 4.79 Å². The van der Waals surface area contributed by atoms with E-state index in [-0.39, 0.29) is 17.3 Å². The lowest BCUT2D eigenvalue weighted by molar-refractivity contribution is 0.102. The molecule has 0 saturated carbocycles. The largest absolute Gasteiger partial charge is 0.322 e. The third-order valence-electron chi connectivity index (χ3n) is 4.58. The smallest absolute Gasteiger partial charge is 0.255 e. The summed E-state index contributed by atoms with van der Waals surface area (Å²) in [6.07, 6.45) is 0. The molecule has 1 N–H and O–H groups in total. The number of carbonyl (C=O) groups is 1. The van der Waals surface area contributed by atoms with Crippen molar-refractivity contribution in [3.05, 3.63) is 95.6 Å². The van der Waals surface area contributed by atoms with E-state index < -0.39 is 10.0 Å². The van der Waals surface area contributed by atoms with Gasteiger partial charge >= 0.3 is 0 Å². The minimum atomic E-state index is -3.57. The van der Waals surface area contributed by atoms with Gasteiger partial charge in [0.05, 0.1) is 4.90 Å². The molecule has 29 heavy (non-hydrogen) atoms. The van der Waals surface area contributed by atoms with Crippen LogP contribution in [0.1, 0.15) is 28.4 Å². The molecule has 1 amide bonds. The zero-order valence-electron chi connectivity index (χ0n) is 16.5. The molecule has 0 spiro atoms. The number of aryl methyl sites for hydroxylation is 1. The maximum atomic E-state index is 12.8. The van der Waals surface area contributed by atoms with Crippen molar-refractivity contribution in [2.24, 2.45) is 0 Å². The number of nitrogens with one attached hydrogen (secondary N) is 1. The van der Waals surface area contributed by atoms with Crippen molar-refractivity contribution in [3.63, 3.8) is 0 Å². The number of nitrogens with zero attached hydrogens (tertiary/aromatic N) is 1. The van der Waals surface area contributed by atoms with Crippen LogP contribution in [0.4, 0.5) is 5.69 Å². The third-order valence-corrected chi connectivity index (χ3v) is 6.52. The fourth-order valence-electron chi connectivity index (χ4n) is 3.00. The Morgan fingerprint density at radius 2 is 1.62 bits per heavy atom. The summed E-state index contributed by atoms with van der Waals surface area (Å²) in [5, 5.41) is 2.87. The Morgan fingerprint density at radius 3 is 2.24 bits per heavy atom. The average molecular weight is 409 g/mol. The number of hydrogen-bond acceptors (Lipinski definition) is 3. The van der Waals surface area contributed by atoms with E-state index in [0.717, 1.165) is 16.8 Å². The standard InChI is InChI=1S/C23H24N2O3S/c1-3-25(29(27,28)22-10-5-4-6-11-22)17-19-12-14-20(15-13-19)23(26)24-21-9-7-8-18(2)16-21/h4-16H,3,17H2,1-2H3,(H,24,26). The summed E-state index contributed by atoms with van der Waals surface area (Å²) in [6.45, 7) is 4.37. The highest BCUT2D eigenvalue weighted by molar-refractivity contribution is 7.89. The first-order valence-electron chi connectivity index (χ1n) is 9.42. The molecular formula is C23H24N2O3S. The molecule has 0 saturated heterocycles. The highest BCUT2D eigenvalue weighted by atomic mass is 32.2. The van der Waals surface area contributed by atoms with Crippen molar-refractivity contribution in [2.45, 2.75) is 25.3 Å². The summed E-state index contributed by atoms with van der Waals surface area (Å²) in [4.78, 5) is 12.7. The fraction of sp³-hybridized carbons (Fsp3) is 0.174. The monoisotopic (exact) mass is 408 g/mol. The van der Waals surface area contributed by atoms with Gasteiger partial charge in [-0.1, -0.05) is 49.4 Å². The Kier molecular flexibility index (Phi) is 6.46. The van der Waals surface area contributed by atoms with Crippen molar-refractivity contribution in [1.82, 2.24) is 4.31 Å². The van der Waals surface area contributed by atoms with E-state index in [1.807, 2.05) is 38.1 Å². The number of rotatable bonds is 7. The van der Waals surface area contributed by atoms with Gasteiger partial charge in [0.15, 0.2) is 0 Å².